The molecule has 3 heteroatoms. The van der Waals surface area contributed by atoms with Gasteiger partial charge in [-0.1, -0.05) is 72.8 Å². The molecule has 5 aromatic carbocycles. The molecule has 0 amide bonds. The Bertz CT molecular complexity index is 936. The molecule has 36 heavy (non-hydrogen) atoms. The molecule has 0 heterocycles. The normalized spacial score (nSPS) is 9.39. The second-order valence-electron chi connectivity index (χ2n) is 7.68. The third-order valence-corrected chi connectivity index (χ3v) is 10.2. The summed E-state index contributed by atoms with van der Waals surface area (Å²) < 4.78 is 0. The van der Waals surface area contributed by atoms with E-state index in [4.69, 9.17) is 0 Å². The topological polar surface area (TPSA) is 0 Å². The van der Waals surface area contributed by atoms with Crippen LogP contribution in [0.25, 0.3) is 0 Å². The van der Waals surface area contributed by atoms with Crippen molar-refractivity contribution in [2.24, 2.45) is 0 Å². The van der Waals surface area contributed by atoms with E-state index in [1.54, 1.807) is 6.92 Å². The monoisotopic (exact) mass is 552 g/mol. The predicted octanol–water partition coefficient (Wildman–Crippen LogP) is 7.21. The summed E-state index contributed by atoms with van der Waals surface area (Å²) in [5, 5.41) is 5.90. The van der Waals surface area contributed by atoms with Crippen molar-refractivity contribution in [2.75, 3.05) is 13.3 Å². The number of hydrogen-bond donors (Lipinski definition) is 0. The molecule has 0 aliphatic carbocycles. The van der Waals surface area contributed by atoms with Crippen LogP contribution in [-0.4, -0.2) is 13.3 Å². The molecular weight excluding hydrogens is 514 g/mol. The van der Waals surface area contributed by atoms with E-state index in [-0.39, 0.29) is 17.1 Å². The minimum absolute atomic E-state index is 0. The van der Waals surface area contributed by atoms with Crippen LogP contribution in [0.2, 0.25) is 0 Å². The van der Waals surface area contributed by atoms with Crippen LogP contribution in [-0.2, 0) is 17.1 Å². The molecule has 182 valence electrons. The Morgan fingerprint density at radius 3 is 0.806 bits per heavy atom. The SMILES string of the molecule is C[PH+](c1ccccc1)c1ccccc1.C[PH+](c1ccccc1)c1ccccc1.[CH2-]C.[Fe+6].c1cc[cH-]c1. The Kier molecular flexibility index (Phi) is 17.4. The largest absolute Gasteiger partial charge is 6.00 e. The molecule has 0 nitrogen and oxygen atoms in total. The van der Waals surface area contributed by atoms with E-state index in [1.807, 2.05) is 30.3 Å². The van der Waals surface area contributed by atoms with Crippen molar-refractivity contribution >= 4 is 37.1 Å². The maximum absolute atomic E-state index is 3.25. The molecule has 0 N–H and O–H groups in total. The van der Waals surface area contributed by atoms with E-state index in [1.165, 1.54) is 21.2 Å². The molecule has 0 aliphatic rings. The van der Waals surface area contributed by atoms with Crippen molar-refractivity contribution < 1.29 is 17.1 Å². The van der Waals surface area contributed by atoms with Crippen molar-refractivity contribution in [3.63, 3.8) is 0 Å². The molecular formula is C33H38FeP2+6. The number of rotatable bonds is 4. The number of hydrogen-bond acceptors (Lipinski definition) is 0. The van der Waals surface area contributed by atoms with Crippen LogP contribution >= 0.6 is 15.8 Å². The van der Waals surface area contributed by atoms with E-state index in [2.05, 4.69) is 142 Å². The summed E-state index contributed by atoms with van der Waals surface area (Å²) in [5.41, 5.74) is 0. The molecule has 5 aromatic rings. The summed E-state index contributed by atoms with van der Waals surface area (Å²) in [6, 6.07) is 53.0. The zero-order valence-corrected chi connectivity index (χ0v) is 24.6. The molecule has 0 spiro atoms. The van der Waals surface area contributed by atoms with E-state index < -0.39 is 15.8 Å². The maximum Gasteiger partial charge on any atom is 6.00 e. The third-order valence-electron chi connectivity index (χ3n) is 5.38. The Morgan fingerprint density at radius 2 is 0.639 bits per heavy atom. The van der Waals surface area contributed by atoms with Crippen LogP contribution in [0.3, 0.4) is 0 Å². The van der Waals surface area contributed by atoms with Gasteiger partial charge in [0, 0.05) is 0 Å². The van der Waals surface area contributed by atoms with E-state index in [9.17, 15) is 0 Å². The van der Waals surface area contributed by atoms with Gasteiger partial charge in [0.25, 0.3) is 0 Å². The molecule has 5 rings (SSSR count). The summed E-state index contributed by atoms with van der Waals surface area (Å²) >= 11 is 0. The van der Waals surface area contributed by atoms with Crippen LogP contribution in [0.5, 0.6) is 0 Å². The van der Waals surface area contributed by atoms with E-state index in [0.717, 1.165) is 0 Å². The maximum atomic E-state index is 3.25. The molecule has 0 aliphatic heterocycles. The Balaban J connectivity index is 0.000000280. The van der Waals surface area contributed by atoms with Gasteiger partial charge in [0.1, 0.15) is 0 Å². The van der Waals surface area contributed by atoms with Crippen molar-refractivity contribution in [2.45, 2.75) is 6.92 Å². The molecule has 0 unspecified atom stereocenters. The van der Waals surface area contributed by atoms with E-state index >= 15 is 0 Å². The van der Waals surface area contributed by atoms with E-state index in [0.29, 0.717) is 0 Å². The Morgan fingerprint density at radius 1 is 0.417 bits per heavy atom. The van der Waals surface area contributed by atoms with Gasteiger partial charge in [0.15, 0.2) is 0 Å². The summed E-state index contributed by atoms with van der Waals surface area (Å²) in [4.78, 5) is 0. The summed E-state index contributed by atoms with van der Waals surface area (Å²) in [6.07, 6.45) is 0. The zero-order chi connectivity index (χ0) is 25.1. The van der Waals surface area contributed by atoms with Crippen molar-refractivity contribution in [1.29, 1.82) is 0 Å². The quantitative estimate of drug-likeness (QED) is 0.126. The summed E-state index contributed by atoms with van der Waals surface area (Å²) in [5.74, 6) is 0. The van der Waals surface area contributed by atoms with Gasteiger partial charge in [0.05, 0.1) is 50.4 Å². The smallest absolute Gasteiger partial charge is 0.346 e. The van der Waals surface area contributed by atoms with Crippen LogP contribution in [0.4, 0.5) is 0 Å². The van der Waals surface area contributed by atoms with Crippen molar-refractivity contribution in [3.8, 4) is 0 Å². The number of benzene rings is 4. The van der Waals surface area contributed by atoms with Crippen molar-refractivity contribution in [3.05, 3.63) is 159 Å². The van der Waals surface area contributed by atoms with Gasteiger partial charge >= 0.3 is 17.1 Å². The zero-order valence-electron chi connectivity index (χ0n) is 21.5. The van der Waals surface area contributed by atoms with Crippen LogP contribution in [0.1, 0.15) is 6.92 Å². The van der Waals surface area contributed by atoms with Gasteiger partial charge in [-0.2, -0.15) is 25.1 Å². The summed E-state index contributed by atoms with van der Waals surface area (Å²) in [6.45, 7) is 9.69. The molecule has 0 radical (unpaired) electrons. The first-order chi connectivity index (χ1) is 17.3. The second-order valence-corrected chi connectivity index (χ2v) is 12.5. The Hall–Kier alpha value is -2.39. The molecule has 0 fully saturated rings. The fourth-order valence-electron chi connectivity index (χ4n) is 3.41. The van der Waals surface area contributed by atoms with Crippen LogP contribution in [0, 0.1) is 6.92 Å². The molecule has 0 saturated carbocycles. The summed E-state index contributed by atoms with van der Waals surface area (Å²) in [7, 11) is -1.09. The third kappa shape index (κ3) is 11.6. The van der Waals surface area contributed by atoms with Gasteiger partial charge in [-0.3, -0.25) is 0 Å². The first-order valence-corrected chi connectivity index (χ1v) is 16.0. The van der Waals surface area contributed by atoms with Gasteiger partial charge in [0.2, 0.25) is 0 Å². The Labute approximate surface area is 232 Å². The molecule has 0 atom stereocenters. The first-order valence-electron chi connectivity index (χ1n) is 12.0. The standard InChI is InChI=1S/2C13H13P.C5H5.C2H5.Fe/c2*1-14(12-8-4-2-5-9-12)13-10-6-3-7-11-13;1-2-4-5-3-1;1-2;/h2*2-11H,1H3;1-5H;1H2,2H3;/q;;2*-1;+6/p+2. The van der Waals surface area contributed by atoms with Crippen molar-refractivity contribution in [1.82, 2.24) is 0 Å². The fraction of sp³-hybridized carbons (Fsp3) is 0.0909. The predicted molar refractivity (Wildman–Crippen MR) is 166 cm³/mol. The van der Waals surface area contributed by atoms with Crippen LogP contribution in [0.15, 0.2) is 152 Å². The molecule has 0 bridgehead atoms. The molecule has 0 aromatic heterocycles. The van der Waals surface area contributed by atoms with Gasteiger partial charge in [-0.05, 0) is 48.5 Å². The first kappa shape index (κ1) is 31.6. The average Bonchev–Trinajstić information content (AvgIpc) is 3.56. The van der Waals surface area contributed by atoms with Gasteiger partial charge in [-0.15, -0.1) is 0 Å². The van der Waals surface area contributed by atoms with Gasteiger partial charge in [-0.25, -0.2) is 12.1 Å². The fourth-order valence-corrected chi connectivity index (χ4v) is 6.84. The van der Waals surface area contributed by atoms with Crippen LogP contribution < -0.4 is 21.2 Å². The minimum Gasteiger partial charge on any atom is -0.346 e. The molecule has 0 saturated heterocycles. The average molecular weight is 552 g/mol. The second kappa shape index (κ2) is 19.8. The van der Waals surface area contributed by atoms with Gasteiger partial charge < -0.3 is 6.92 Å². The minimum atomic E-state index is -0.545.